The van der Waals surface area contributed by atoms with E-state index in [0.717, 1.165) is 25.4 Å². The van der Waals surface area contributed by atoms with E-state index < -0.39 is 0 Å². The average Bonchev–Trinajstić information content (AvgIpc) is 2.37. The van der Waals surface area contributed by atoms with E-state index in [1.807, 2.05) is 0 Å². The summed E-state index contributed by atoms with van der Waals surface area (Å²) in [6.07, 6.45) is 4.95. The van der Waals surface area contributed by atoms with E-state index in [-0.39, 0.29) is 0 Å². The van der Waals surface area contributed by atoms with Crippen LogP contribution in [0.3, 0.4) is 0 Å². The van der Waals surface area contributed by atoms with Gasteiger partial charge in [-0.25, -0.2) is 0 Å². The maximum absolute atomic E-state index is 5.86. The smallest absolute Gasteiger partial charge is 0.188 e. The molecule has 0 aliphatic heterocycles. The zero-order valence-corrected chi connectivity index (χ0v) is 12.6. The third-order valence-corrected chi connectivity index (χ3v) is 3.92. The molecule has 3 N–H and O–H groups in total. The van der Waals surface area contributed by atoms with Crippen LogP contribution in [0, 0.1) is 5.92 Å². The molecule has 0 aromatic heterocycles. The molecule has 1 aromatic carbocycles. The lowest BCUT2D eigenvalue weighted by Gasteiger charge is -2.23. The molecule has 1 aromatic rings. The maximum Gasteiger partial charge on any atom is 0.188 e. The van der Waals surface area contributed by atoms with E-state index in [4.69, 9.17) is 5.73 Å². The molecule has 0 unspecified atom stereocenters. The lowest BCUT2D eigenvalue weighted by molar-refractivity contribution is 0.326. The summed E-state index contributed by atoms with van der Waals surface area (Å²) in [5, 5.41) is 3.19. The minimum atomic E-state index is 0.585. The van der Waals surface area contributed by atoms with Crippen molar-refractivity contribution in [3.05, 3.63) is 29.8 Å². The number of rotatable bonds is 6. The van der Waals surface area contributed by atoms with Gasteiger partial charge in [0.25, 0.3) is 0 Å². The number of hydrogen-bond acceptors (Lipinski definition) is 2. The molecule has 1 saturated carbocycles. The van der Waals surface area contributed by atoms with Crippen LogP contribution in [0.4, 0.5) is 5.69 Å². The van der Waals surface area contributed by atoms with Crippen LogP contribution in [0.2, 0.25) is 0 Å². The van der Waals surface area contributed by atoms with Crippen molar-refractivity contribution in [2.75, 3.05) is 32.1 Å². The minimum absolute atomic E-state index is 0.585. The lowest BCUT2D eigenvalue weighted by atomic mass is 9.86. The summed E-state index contributed by atoms with van der Waals surface area (Å²) < 4.78 is 0. The topological polar surface area (TPSA) is 53.6 Å². The number of nitrogens with two attached hydrogens (primary N) is 1. The van der Waals surface area contributed by atoms with Crippen molar-refractivity contribution in [1.82, 2.24) is 5.32 Å². The second kappa shape index (κ2) is 7.17. The number of nitrogens with zero attached hydrogens (tertiary/aromatic N) is 2. The number of guanidine groups is 1. The molecular weight excluding hydrogens is 248 g/mol. The predicted octanol–water partition coefficient (Wildman–Crippen LogP) is 2.00. The molecule has 4 heteroatoms. The molecule has 1 aliphatic carbocycles. The average molecular weight is 274 g/mol. The van der Waals surface area contributed by atoms with Crippen molar-refractivity contribution in [2.45, 2.75) is 25.7 Å². The lowest BCUT2D eigenvalue weighted by Crippen LogP contribution is -2.34. The van der Waals surface area contributed by atoms with E-state index in [1.165, 1.54) is 30.5 Å². The van der Waals surface area contributed by atoms with Crippen LogP contribution in [-0.2, 0) is 6.42 Å². The fourth-order valence-electron chi connectivity index (χ4n) is 2.25. The largest absolute Gasteiger partial charge is 0.378 e. The first kappa shape index (κ1) is 14.7. The highest BCUT2D eigenvalue weighted by atomic mass is 15.1. The molecular formula is C16H26N4. The van der Waals surface area contributed by atoms with Crippen LogP contribution in [0.1, 0.15) is 24.8 Å². The van der Waals surface area contributed by atoms with Gasteiger partial charge in [0.15, 0.2) is 5.96 Å². The fraction of sp³-hybridized carbons (Fsp3) is 0.562. The van der Waals surface area contributed by atoms with Gasteiger partial charge in [0, 0.05) is 32.9 Å². The molecule has 0 radical (unpaired) electrons. The number of nitrogens with one attached hydrogen (secondary N) is 1. The van der Waals surface area contributed by atoms with Crippen LogP contribution in [0.15, 0.2) is 29.3 Å². The van der Waals surface area contributed by atoms with Crippen molar-refractivity contribution in [1.29, 1.82) is 0 Å². The summed E-state index contributed by atoms with van der Waals surface area (Å²) in [6, 6.07) is 8.62. The fourth-order valence-corrected chi connectivity index (χ4v) is 2.25. The van der Waals surface area contributed by atoms with Gasteiger partial charge in [-0.2, -0.15) is 0 Å². The second-order valence-corrected chi connectivity index (χ2v) is 5.76. The van der Waals surface area contributed by atoms with Crippen LogP contribution in [-0.4, -0.2) is 33.1 Å². The van der Waals surface area contributed by atoms with Gasteiger partial charge in [0.05, 0.1) is 0 Å². The van der Waals surface area contributed by atoms with Gasteiger partial charge in [-0.1, -0.05) is 18.6 Å². The Kier molecular flexibility index (Phi) is 5.27. The Balaban J connectivity index is 1.69. The Morgan fingerprint density at radius 2 is 2.00 bits per heavy atom. The van der Waals surface area contributed by atoms with Crippen molar-refractivity contribution in [2.24, 2.45) is 16.6 Å². The van der Waals surface area contributed by atoms with Crippen molar-refractivity contribution in [3.63, 3.8) is 0 Å². The number of anilines is 1. The standard InChI is InChI=1S/C16H26N4/c1-20(2)15-8-6-13(7-9-15)10-11-18-16(17)19-12-14-4-3-5-14/h6-9,14H,3-5,10-12H2,1-2H3,(H3,17,18,19). The molecule has 0 amide bonds. The molecule has 1 aliphatic rings. The predicted molar refractivity (Wildman–Crippen MR) is 86.3 cm³/mol. The third kappa shape index (κ3) is 4.44. The highest BCUT2D eigenvalue weighted by Crippen LogP contribution is 2.26. The molecule has 0 atom stereocenters. The molecule has 1 fully saturated rings. The van der Waals surface area contributed by atoms with Crippen LogP contribution in [0.5, 0.6) is 0 Å². The summed E-state index contributed by atoms with van der Waals surface area (Å²) in [7, 11) is 4.10. The maximum atomic E-state index is 5.86. The first-order chi connectivity index (χ1) is 9.65. The Hall–Kier alpha value is -1.71. The highest BCUT2D eigenvalue weighted by molar-refractivity contribution is 5.77. The molecule has 110 valence electrons. The van der Waals surface area contributed by atoms with Crippen molar-refractivity contribution in [3.8, 4) is 0 Å². The third-order valence-electron chi connectivity index (χ3n) is 3.92. The Morgan fingerprint density at radius 3 is 2.55 bits per heavy atom. The molecule has 0 saturated heterocycles. The summed E-state index contributed by atoms with van der Waals surface area (Å²) in [4.78, 5) is 6.50. The van der Waals surface area contributed by atoms with E-state index in [2.05, 4.69) is 53.6 Å². The summed E-state index contributed by atoms with van der Waals surface area (Å²) in [5.74, 6) is 1.36. The Labute approximate surface area is 122 Å². The van der Waals surface area contributed by atoms with E-state index >= 15 is 0 Å². The summed E-state index contributed by atoms with van der Waals surface area (Å²) >= 11 is 0. The van der Waals surface area contributed by atoms with E-state index in [9.17, 15) is 0 Å². The highest BCUT2D eigenvalue weighted by Gasteiger charge is 2.16. The van der Waals surface area contributed by atoms with Gasteiger partial charge in [0.2, 0.25) is 0 Å². The summed E-state index contributed by atoms with van der Waals surface area (Å²) in [5.41, 5.74) is 8.40. The van der Waals surface area contributed by atoms with Gasteiger partial charge in [-0.3, -0.25) is 4.99 Å². The van der Waals surface area contributed by atoms with Crippen molar-refractivity contribution < 1.29 is 0 Å². The molecule has 0 spiro atoms. The molecule has 4 nitrogen and oxygen atoms in total. The normalized spacial score (nSPS) is 15.8. The summed E-state index contributed by atoms with van der Waals surface area (Å²) in [6.45, 7) is 1.72. The van der Waals surface area contributed by atoms with Gasteiger partial charge in [0.1, 0.15) is 0 Å². The van der Waals surface area contributed by atoms with Gasteiger partial charge in [-0.15, -0.1) is 0 Å². The van der Waals surface area contributed by atoms with Gasteiger partial charge in [-0.05, 0) is 42.9 Å². The number of benzene rings is 1. The first-order valence-corrected chi connectivity index (χ1v) is 7.45. The zero-order chi connectivity index (χ0) is 14.4. The SMILES string of the molecule is CN(C)c1ccc(CCNC(N)=NCC2CCC2)cc1. The number of hydrogen-bond donors (Lipinski definition) is 2. The van der Waals surface area contributed by atoms with Gasteiger partial charge >= 0.3 is 0 Å². The van der Waals surface area contributed by atoms with Crippen LogP contribution in [0.25, 0.3) is 0 Å². The van der Waals surface area contributed by atoms with Crippen LogP contribution < -0.4 is 16.0 Å². The van der Waals surface area contributed by atoms with Crippen molar-refractivity contribution >= 4 is 11.6 Å². The van der Waals surface area contributed by atoms with Crippen LogP contribution >= 0.6 is 0 Å². The quantitative estimate of drug-likeness (QED) is 0.616. The monoisotopic (exact) mass is 274 g/mol. The number of aliphatic imine (C=N–C) groups is 1. The second-order valence-electron chi connectivity index (χ2n) is 5.76. The molecule has 20 heavy (non-hydrogen) atoms. The van der Waals surface area contributed by atoms with E-state index in [1.54, 1.807) is 0 Å². The molecule has 0 bridgehead atoms. The Bertz CT molecular complexity index is 432. The Morgan fingerprint density at radius 1 is 1.30 bits per heavy atom. The van der Waals surface area contributed by atoms with Gasteiger partial charge < -0.3 is 16.0 Å². The first-order valence-electron chi connectivity index (χ1n) is 7.45. The minimum Gasteiger partial charge on any atom is -0.378 e. The molecule has 0 heterocycles. The van der Waals surface area contributed by atoms with E-state index in [0.29, 0.717) is 5.96 Å². The molecule has 2 rings (SSSR count). The zero-order valence-electron chi connectivity index (χ0n) is 12.6.